The van der Waals surface area contributed by atoms with Crippen LogP contribution < -0.4 is 10.1 Å². The van der Waals surface area contributed by atoms with Crippen molar-refractivity contribution in [3.63, 3.8) is 0 Å². The summed E-state index contributed by atoms with van der Waals surface area (Å²) >= 11 is 3.49. The Hall–Kier alpha value is -1.85. The van der Waals surface area contributed by atoms with Crippen LogP contribution in [0.25, 0.3) is 0 Å². The van der Waals surface area contributed by atoms with Crippen molar-refractivity contribution in [1.82, 2.24) is 5.32 Å². The van der Waals surface area contributed by atoms with Crippen molar-refractivity contribution in [2.45, 2.75) is 19.6 Å². The molecule has 4 nitrogen and oxygen atoms in total. The minimum Gasteiger partial charge on any atom is -0.488 e. The van der Waals surface area contributed by atoms with E-state index in [1.54, 1.807) is 19.2 Å². The van der Waals surface area contributed by atoms with Crippen LogP contribution in [0.5, 0.6) is 5.75 Å². The van der Waals surface area contributed by atoms with E-state index in [0.717, 1.165) is 10.0 Å². The maximum atomic E-state index is 12.4. The average Bonchev–Trinajstić information content (AvgIpc) is 2.54. The summed E-state index contributed by atoms with van der Waals surface area (Å²) in [5, 5.41) is 2.89. The lowest BCUT2D eigenvalue weighted by molar-refractivity contribution is 0.0901. The second-order valence-corrected chi connectivity index (χ2v) is 6.06. The van der Waals surface area contributed by atoms with Gasteiger partial charge in [0.1, 0.15) is 12.4 Å². The molecule has 1 unspecified atom stereocenters. The molecule has 0 spiro atoms. The molecule has 2 rings (SSSR count). The fraction of sp³-hybridized carbons (Fsp3) is 0.278. The minimum absolute atomic E-state index is 0.0659. The molecule has 23 heavy (non-hydrogen) atoms. The normalized spacial score (nSPS) is 11.8. The molecule has 0 aromatic heterocycles. The number of nitrogens with one attached hydrogen (secondary N) is 1. The van der Waals surface area contributed by atoms with Gasteiger partial charge in [0.05, 0.1) is 12.2 Å². The molecular formula is C18H20BrNO3. The van der Waals surface area contributed by atoms with Gasteiger partial charge in [-0.05, 0) is 25.1 Å². The summed E-state index contributed by atoms with van der Waals surface area (Å²) < 4.78 is 11.9. The van der Waals surface area contributed by atoms with Gasteiger partial charge in [-0.1, -0.05) is 46.3 Å². The van der Waals surface area contributed by atoms with Gasteiger partial charge >= 0.3 is 0 Å². The van der Waals surface area contributed by atoms with Crippen LogP contribution in [0.4, 0.5) is 0 Å². The minimum atomic E-state index is -0.169. The summed E-state index contributed by atoms with van der Waals surface area (Å²) in [7, 11) is 1.61. The number of hydrogen-bond donors (Lipinski definition) is 1. The molecule has 0 heterocycles. The first-order valence-electron chi connectivity index (χ1n) is 7.37. The van der Waals surface area contributed by atoms with Crippen molar-refractivity contribution < 1.29 is 14.3 Å². The molecule has 0 aliphatic heterocycles. The van der Waals surface area contributed by atoms with Crippen LogP contribution in [0.1, 0.15) is 22.8 Å². The van der Waals surface area contributed by atoms with E-state index in [-0.39, 0.29) is 11.9 Å². The highest BCUT2D eigenvalue weighted by Gasteiger charge is 2.14. The summed E-state index contributed by atoms with van der Waals surface area (Å²) in [6.07, 6.45) is 0. The molecule has 1 N–H and O–H groups in total. The zero-order valence-electron chi connectivity index (χ0n) is 13.2. The predicted molar refractivity (Wildman–Crippen MR) is 93.7 cm³/mol. The standard InChI is InChI=1S/C18H20BrNO3/c1-13(11-22-2)20-18(21)15-8-4-6-10-17(15)23-12-14-7-3-5-9-16(14)19/h3-10,13H,11-12H2,1-2H3,(H,20,21). The number of rotatable bonds is 7. The average molecular weight is 378 g/mol. The van der Waals surface area contributed by atoms with Crippen molar-refractivity contribution in [1.29, 1.82) is 0 Å². The van der Waals surface area contributed by atoms with E-state index in [9.17, 15) is 4.79 Å². The summed E-state index contributed by atoms with van der Waals surface area (Å²) in [4.78, 5) is 12.4. The Morgan fingerprint density at radius 3 is 2.61 bits per heavy atom. The molecule has 1 atom stereocenters. The number of halogens is 1. The number of ether oxygens (including phenoxy) is 2. The lowest BCUT2D eigenvalue weighted by atomic mass is 10.1. The Labute approximate surface area is 144 Å². The van der Waals surface area contributed by atoms with Gasteiger partial charge in [0, 0.05) is 23.2 Å². The molecule has 0 aliphatic carbocycles. The fourth-order valence-electron chi connectivity index (χ4n) is 2.14. The summed E-state index contributed by atoms with van der Waals surface area (Å²) in [6.45, 7) is 2.75. The van der Waals surface area contributed by atoms with Crippen LogP contribution >= 0.6 is 15.9 Å². The van der Waals surface area contributed by atoms with E-state index < -0.39 is 0 Å². The van der Waals surface area contributed by atoms with Gasteiger partial charge in [-0.3, -0.25) is 4.79 Å². The van der Waals surface area contributed by atoms with Crippen molar-refractivity contribution in [2.75, 3.05) is 13.7 Å². The van der Waals surface area contributed by atoms with Gasteiger partial charge in [0.2, 0.25) is 0 Å². The first kappa shape index (κ1) is 17.5. The van der Waals surface area contributed by atoms with E-state index in [1.165, 1.54) is 0 Å². The zero-order valence-corrected chi connectivity index (χ0v) is 14.8. The van der Waals surface area contributed by atoms with Crippen molar-refractivity contribution in [3.05, 3.63) is 64.1 Å². The maximum absolute atomic E-state index is 12.4. The smallest absolute Gasteiger partial charge is 0.255 e. The monoisotopic (exact) mass is 377 g/mol. The van der Waals surface area contributed by atoms with E-state index in [4.69, 9.17) is 9.47 Å². The Bertz CT molecular complexity index is 660. The number of amides is 1. The highest BCUT2D eigenvalue weighted by atomic mass is 79.9. The second kappa shape index (κ2) is 8.70. The summed E-state index contributed by atoms with van der Waals surface area (Å²) in [5.41, 5.74) is 1.54. The van der Waals surface area contributed by atoms with Crippen LogP contribution in [0.3, 0.4) is 0 Å². The summed E-state index contributed by atoms with van der Waals surface area (Å²) in [6, 6.07) is 15.0. The van der Waals surface area contributed by atoms with E-state index in [2.05, 4.69) is 21.2 Å². The second-order valence-electron chi connectivity index (χ2n) is 5.21. The van der Waals surface area contributed by atoms with Crippen LogP contribution in [0.15, 0.2) is 53.0 Å². The quantitative estimate of drug-likeness (QED) is 0.798. The number of methoxy groups -OCH3 is 1. The van der Waals surface area contributed by atoms with Crippen molar-refractivity contribution in [2.24, 2.45) is 0 Å². The zero-order chi connectivity index (χ0) is 16.7. The lowest BCUT2D eigenvalue weighted by Crippen LogP contribution is -2.35. The van der Waals surface area contributed by atoms with E-state index in [0.29, 0.717) is 24.5 Å². The van der Waals surface area contributed by atoms with Gasteiger partial charge in [0.25, 0.3) is 5.91 Å². The molecule has 2 aromatic carbocycles. The highest BCUT2D eigenvalue weighted by molar-refractivity contribution is 9.10. The number of hydrogen-bond acceptors (Lipinski definition) is 3. The van der Waals surface area contributed by atoms with Crippen molar-refractivity contribution in [3.8, 4) is 5.75 Å². The number of carbonyl (C=O) groups is 1. The van der Waals surface area contributed by atoms with Crippen LogP contribution in [-0.4, -0.2) is 25.7 Å². The van der Waals surface area contributed by atoms with Crippen LogP contribution in [0.2, 0.25) is 0 Å². The third-order valence-corrected chi connectivity index (χ3v) is 4.04. The Balaban J connectivity index is 2.08. The third-order valence-electron chi connectivity index (χ3n) is 3.27. The van der Waals surface area contributed by atoms with Crippen LogP contribution in [0, 0.1) is 0 Å². The lowest BCUT2D eigenvalue weighted by Gasteiger charge is -2.15. The molecule has 2 aromatic rings. The van der Waals surface area contributed by atoms with Crippen molar-refractivity contribution >= 4 is 21.8 Å². The molecule has 0 saturated carbocycles. The molecule has 5 heteroatoms. The van der Waals surface area contributed by atoms with Gasteiger partial charge in [-0.2, -0.15) is 0 Å². The molecule has 0 aliphatic rings. The molecule has 0 radical (unpaired) electrons. The first-order chi connectivity index (χ1) is 11.1. The molecule has 1 amide bonds. The molecule has 0 saturated heterocycles. The van der Waals surface area contributed by atoms with E-state index in [1.807, 2.05) is 43.3 Å². The van der Waals surface area contributed by atoms with E-state index >= 15 is 0 Å². The Kier molecular flexibility index (Phi) is 6.62. The summed E-state index contributed by atoms with van der Waals surface area (Å²) in [5.74, 6) is 0.391. The van der Waals surface area contributed by atoms with Gasteiger partial charge in [-0.25, -0.2) is 0 Å². The number of benzene rings is 2. The first-order valence-corrected chi connectivity index (χ1v) is 8.16. The van der Waals surface area contributed by atoms with Gasteiger partial charge in [0.15, 0.2) is 0 Å². The molecule has 122 valence electrons. The van der Waals surface area contributed by atoms with Crippen LogP contribution in [-0.2, 0) is 11.3 Å². The van der Waals surface area contributed by atoms with Gasteiger partial charge < -0.3 is 14.8 Å². The third kappa shape index (κ3) is 5.08. The molecular weight excluding hydrogens is 358 g/mol. The number of para-hydroxylation sites is 1. The largest absolute Gasteiger partial charge is 0.488 e. The Morgan fingerprint density at radius 1 is 1.17 bits per heavy atom. The predicted octanol–water partition coefficient (Wildman–Crippen LogP) is 3.79. The number of carbonyl (C=O) groups excluding carboxylic acids is 1. The molecule has 0 fully saturated rings. The molecule has 0 bridgehead atoms. The SMILES string of the molecule is COCC(C)NC(=O)c1ccccc1OCc1ccccc1Br. The maximum Gasteiger partial charge on any atom is 0.255 e. The fourth-order valence-corrected chi connectivity index (χ4v) is 2.54. The van der Waals surface area contributed by atoms with Gasteiger partial charge in [-0.15, -0.1) is 0 Å². The highest BCUT2D eigenvalue weighted by Crippen LogP contribution is 2.22. The topological polar surface area (TPSA) is 47.6 Å². The Morgan fingerprint density at radius 2 is 1.87 bits per heavy atom.